The standard InChI is InChI=1S/C14H16N2O3/c1-3-4-9-16-13(17)10-19-14(18)11-5-7-12(15-2)8-6-11/h5-8H,3-4,9-10H2,1H3,(H,16,17). The molecule has 19 heavy (non-hydrogen) atoms. The number of nitrogens with one attached hydrogen (secondary N) is 1. The Kier molecular flexibility index (Phi) is 6.10. The highest BCUT2D eigenvalue weighted by Gasteiger charge is 2.09. The van der Waals surface area contributed by atoms with Gasteiger partial charge >= 0.3 is 5.97 Å². The molecule has 0 spiro atoms. The molecule has 0 aromatic heterocycles. The number of hydrogen-bond donors (Lipinski definition) is 1. The quantitative estimate of drug-likeness (QED) is 0.485. The van der Waals surface area contributed by atoms with Crippen molar-refractivity contribution in [3.63, 3.8) is 0 Å². The minimum atomic E-state index is -0.567. The van der Waals surface area contributed by atoms with Crippen molar-refractivity contribution in [2.75, 3.05) is 13.2 Å². The van der Waals surface area contributed by atoms with Gasteiger partial charge in [-0.05, 0) is 6.42 Å². The third-order valence-electron chi connectivity index (χ3n) is 2.42. The smallest absolute Gasteiger partial charge is 0.338 e. The summed E-state index contributed by atoms with van der Waals surface area (Å²) in [5.74, 6) is -0.873. The molecule has 0 aliphatic rings. The maximum atomic E-state index is 11.6. The number of rotatable bonds is 6. The molecule has 0 fully saturated rings. The first-order chi connectivity index (χ1) is 9.17. The van der Waals surface area contributed by atoms with Crippen molar-refractivity contribution in [3.8, 4) is 0 Å². The molecule has 0 aliphatic carbocycles. The van der Waals surface area contributed by atoms with Gasteiger partial charge in [0.1, 0.15) is 0 Å². The molecule has 100 valence electrons. The maximum absolute atomic E-state index is 11.6. The number of amides is 1. The Balaban J connectivity index is 2.38. The highest BCUT2D eigenvalue weighted by atomic mass is 16.5. The second kappa shape index (κ2) is 7.88. The fraction of sp³-hybridized carbons (Fsp3) is 0.357. The Hall–Kier alpha value is -2.35. The van der Waals surface area contributed by atoms with Crippen LogP contribution in [0.1, 0.15) is 30.1 Å². The van der Waals surface area contributed by atoms with Crippen LogP contribution in [0.2, 0.25) is 0 Å². The Morgan fingerprint density at radius 1 is 1.32 bits per heavy atom. The first-order valence-electron chi connectivity index (χ1n) is 6.08. The van der Waals surface area contributed by atoms with Crippen LogP contribution in [0.15, 0.2) is 24.3 Å². The number of carbonyl (C=O) groups excluding carboxylic acids is 2. The van der Waals surface area contributed by atoms with Gasteiger partial charge in [-0.15, -0.1) is 0 Å². The molecule has 0 radical (unpaired) electrons. The topological polar surface area (TPSA) is 59.8 Å². The summed E-state index contributed by atoms with van der Waals surface area (Å²) in [5.41, 5.74) is 0.780. The molecular weight excluding hydrogens is 244 g/mol. The first kappa shape index (κ1) is 14.7. The Bertz CT molecular complexity index is 474. The number of carbonyl (C=O) groups is 2. The highest BCUT2D eigenvalue weighted by Crippen LogP contribution is 2.13. The van der Waals surface area contributed by atoms with Crippen LogP contribution in [0, 0.1) is 6.57 Å². The van der Waals surface area contributed by atoms with Crippen LogP contribution in [-0.4, -0.2) is 25.0 Å². The van der Waals surface area contributed by atoms with Gasteiger partial charge in [-0.3, -0.25) is 4.79 Å². The zero-order valence-corrected chi connectivity index (χ0v) is 10.8. The summed E-state index contributed by atoms with van der Waals surface area (Å²) in [6.07, 6.45) is 1.89. The zero-order chi connectivity index (χ0) is 14.1. The number of ether oxygens (including phenoxy) is 1. The van der Waals surface area contributed by atoms with Crippen molar-refractivity contribution in [3.05, 3.63) is 41.2 Å². The van der Waals surface area contributed by atoms with Crippen molar-refractivity contribution in [2.45, 2.75) is 19.8 Å². The van der Waals surface area contributed by atoms with Gasteiger partial charge in [0.25, 0.3) is 5.91 Å². The van der Waals surface area contributed by atoms with Crippen LogP contribution in [-0.2, 0) is 9.53 Å². The first-order valence-corrected chi connectivity index (χ1v) is 6.08. The van der Waals surface area contributed by atoms with Gasteiger partial charge in [0.2, 0.25) is 0 Å². The van der Waals surface area contributed by atoms with E-state index in [9.17, 15) is 9.59 Å². The molecule has 1 N–H and O–H groups in total. The molecule has 1 amide bonds. The largest absolute Gasteiger partial charge is 0.452 e. The molecule has 1 rings (SSSR count). The number of benzene rings is 1. The fourth-order valence-electron chi connectivity index (χ4n) is 1.34. The number of nitrogens with zero attached hydrogens (tertiary/aromatic N) is 1. The van der Waals surface area contributed by atoms with Gasteiger partial charge in [-0.2, -0.15) is 0 Å². The van der Waals surface area contributed by atoms with Gasteiger partial charge in [0.05, 0.1) is 12.1 Å². The van der Waals surface area contributed by atoms with E-state index in [2.05, 4.69) is 10.2 Å². The van der Waals surface area contributed by atoms with Crippen LogP contribution in [0.4, 0.5) is 5.69 Å². The molecule has 0 saturated heterocycles. The maximum Gasteiger partial charge on any atom is 0.338 e. The zero-order valence-electron chi connectivity index (χ0n) is 10.8. The molecule has 0 atom stereocenters. The fourth-order valence-corrected chi connectivity index (χ4v) is 1.34. The van der Waals surface area contributed by atoms with E-state index in [0.717, 1.165) is 12.8 Å². The van der Waals surface area contributed by atoms with E-state index < -0.39 is 5.97 Å². The molecular formula is C14H16N2O3. The molecule has 5 nitrogen and oxygen atoms in total. The summed E-state index contributed by atoms with van der Waals surface area (Å²) in [4.78, 5) is 26.1. The summed E-state index contributed by atoms with van der Waals surface area (Å²) < 4.78 is 4.87. The third-order valence-corrected chi connectivity index (χ3v) is 2.42. The molecule has 0 aliphatic heterocycles. The molecule has 0 saturated carbocycles. The molecule has 5 heteroatoms. The molecule has 0 unspecified atom stereocenters. The van der Waals surface area contributed by atoms with E-state index in [1.54, 1.807) is 0 Å². The van der Waals surface area contributed by atoms with E-state index in [1.165, 1.54) is 24.3 Å². The van der Waals surface area contributed by atoms with E-state index in [0.29, 0.717) is 17.8 Å². The van der Waals surface area contributed by atoms with Crippen molar-refractivity contribution in [1.82, 2.24) is 5.32 Å². The van der Waals surface area contributed by atoms with Gasteiger partial charge in [0.15, 0.2) is 12.3 Å². The van der Waals surface area contributed by atoms with Crippen LogP contribution < -0.4 is 5.32 Å². The highest BCUT2D eigenvalue weighted by molar-refractivity contribution is 5.91. The van der Waals surface area contributed by atoms with Crippen LogP contribution in [0.25, 0.3) is 4.85 Å². The number of unbranched alkanes of at least 4 members (excludes halogenated alkanes) is 1. The van der Waals surface area contributed by atoms with Crippen LogP contribution >= 0.6 is 0 Å². The monoisotopic (exact) mass is 260 g/mol. The summed E-state index contributed by atoms with van der Waals surface area (Å²) in [6, 6.07) is 6.07. The van der Waals surface area contributed by atoms with Gasteiger partial charge in [-0.1, -0.05) is 37.6 Å². The van der Waals surface area contributed by atoms with Crippen LogP contribution in [0.3, 0.4) is 0 Å². The average molecular weight is 260 g/mol. The minimum Gasteiger partial charge on any atom is -0.452 e. The lowest BCUT2D eigenvalue weighted by Gasteiger charge is -2.06. The summed E-state index contributed by atoms with van der Waals surface area (Å²) in [7, 11) is 0. The second-order valence-corrected chi connectivity index (χ2v) is 3.94. The van der Waals surface area contributed by atoms with Crippen molar-refractivity contribution < 1.29 is 14.3 Å². The van der Waals surface area contributed by atoms with Crippen molar-refractivity contribution in [1.29, 1.82) is 0 Å². The van der Waals surface area contributed by atoms with Gasteiger partial charge in [0, 0.05) is 6.54 Å². The average Bonchev–Trinajstić information content (AvgIpc) is 2.45. The molecule has 0 heterocycles. The lowest BCUT2D eigenvalue weighted by molar-refractivity contribution is -0.124. The van der Waals surface area contributed by atoms with Crippen molar-refractivity contribution in [2.24, 2.45) is 0 Å². The van der Waals surface area contributed by atoms with Gasteiger partial charge in [-0.25, -0.2) is 9.64 Å². The summed E-state index contributed by atoms with van der Waals surface area (Å²) >= 11 is 0. The predicted molar refractivity (Wildman–Crippen MR) is 70.9 cm³/mol. The van der Waals surface area contributed by atoms with Crippen LogP contribution in [0.5, 0.6) is 0 Å². The SMILES string of the molecule is [C-]#[N+]c1ccc(C(=O)OCC(=O)NCCCC)cc1. The van der Waals surface area contributed by atoms with E-state index in [-0.39, 0.29) is 12.5 Å². The molecule has 1 aromatic rings. The Labute approximate surface area is 112 Å². The van der Waals surface area contributed by atoms with E-state index >= 15 is 0 Å². The lowest BCUT2D eigenvalue weighted by atomic mass is 10.2. The van der Waals surface area contributed by atoms with Crippen molar-refractivity contribution >= 4 is 17.6 Å². The molecule has 1 aromatic carbocycles. The second-order valence-electron chi connectivity index (χ2n) is 3.94. The Morgan fingerprint density at radius 2 is 2.00 bits per heavy atom. The van der Waals surface area contributed by atoms with E-state index in [4.69, 9.17) is 11.3 Å². The minimum absolute atomic E-state index is 0.285. The normalized spacial score (nSPS) is 9.47. The molecule has 0 bridgehead atoms. The van der Waals surface area contributed by atoms with Gasteiger partial charge < -0.3 is 10.1 Å². The summed E-state index contributed by atoms with van der Waals surface area (Å²) in [6.45, 7) is 9.13. The third kappa shape index (κ3) is 5.21. The predicted octanol–water partition coefficient (Wildman–Crippen LogP) is 2.31. The van der Waals surface area contributed by atoms with E-state index in [1.807, 2.05) is 6.92 Å². The number of hydrogen-bond acceptors (Lipinski definition) is 3. The lowest BCUT2D eigenvalue weighted by Crippen LogP contribution is -2.29. The number of esters is 1. The summed E-state index contributed by atoms with van der Waals surface area (Å²) in [5, 5.41) is 2.65. The Morgan fingerprint density at radius 3 is 2.58 bits per heavy atom.